The molecule has 1 N–H and O–H groups in total. The predicted molar refractivity (Wildman–Crippen MR) is 71.7 cm³/mol. The molecular weight excluding hydrogens is 228 g/mol. The fraction of sp³-hybridized carbons (Fsp3) is 0.571. The zero-order chi connectivity index (χ0) is 12.4. The van der Waals surface area contributed by atoms with Crippen LogP contribution in [0, 0.1) is 0 Å². The summed E-state index contributed by atoms with van der Waals surface area (Å²) in [5.74, 6) is 1.74. The minimum absolute atomic E-state index is 0.558. The van der Waals surface area contributed by atoms with Crippen molar-refractivity contribution in [2.75, 3.05) is 37.7 Å². The van der Waals surface area contributed by atoms with Gasteiger partial charge in [0.2, 0.25) is 0 Å². The number of fused-ring (bicyclic) bond motifs is 1. The van der Waals surface area contributed by atoms with Crippen LogP contribution in [0.5, 0.6) is 11.5 Å². The Morgan fingerprint density at radius 3 is 2.89 bits per heavy atom. The fourth-order valence-corrected chi connectivity index (χ4v) is 2.61. The van der Waals surface area contributed by atoms with E-state index in [9.17, 15) is 0 Å². The van der Waals surface area contributed by atoms with Crippen molar-refractivity contribution in [3.8, 4) is 11.5 Å². The van der Waals surface area contributed by atoms with E-state index in [2.05, 4.69) is 29.3 Å². The largest absolute Gasteiger partial charge is 0.486 e. The van der Waals surface area contributed by atoms with Gasteiger partial charge in [0.1, 0.15) is 13.2 Å². The van der Waals surface area contributed by atoms with E-state index in [4.69, 9.17) is 9.47 Å². The molecule has 1 saturated heterocycles. The standard InChI is InChI=1S/C14H20N2O2/c1-11-4-5-15-6-7-16(11)12-2-3-13-14(10-12)18-9-8-17-13/h2-3,10-11,15H,4-9H2,1H3. The molecule has 0 amide bonds. The van der Waals surface area contributed by atoms with E-state index in [0.29, 0.717) is 19.3 Å². The first-order valence-corrected chi connectivity index (χ1v) is 6.71. The Labute approximate surface area is 108 Å². The third kappa shape index (κ3) is 2.25. The lowest BCUT2D eigenvalue weighted by Crippen LogP contribution is -2.34. The van der Waals surface area contributed by atoms with E-state index >= 15 is 0 Å². The molecule has 1 aromatic carbocycles. The Balaban J connectivity index is 1.86. The highest BCUT2D eigenvalue weighted by Gasteiger charge is 2.19. The lowest BCUT2D eigenvalue weighted by Gasteiger charge is -2.30. The zero-order valence-corrected chi connectivity index (χ0v) is 10.8. The van der Waals surface area contributed by atoms with Gasteiger partial charge in [0.25, 0.3) is 0 Å². The summed E-state index contributed by atoms with van der Waals surface area (Å²) in [5, 5.41) is 3.44. The summed E-state index contributed by atoms with van der Waals surface area (Å²) in [7, 11) is 0. The molecule has 98 valence electrons. The maximum absolute atomic E-state index is 5.65. The van der Waals surface area contributed by atoms with Crippen molar-refractivity contribution in [1.82, 2.24) is 5.32 Å². The Hall–Kier alpha value is -1.42. The Morgan fingerprint density at radius 1 is 1.17 bits per heavy atom. The zero-order valence-electron chi connectivity index (χ0n) is 10.8. The van der Waals surface area contributed by atoms with Crippen LogP contribution in [0.3, 0.4) is 0 Å². The molecule has 0 saturated carbocycles. The number of hydrogen-bond donors (Lipinski definition) is 1. The van der Waals surface area contributed by atoms with Gasteiger partial charge in [-0.1, -0.05) is 0 Å². The van der Waals surface area contributed by atoms with E-state index in [0.717, 1.165) is 31.1 Å². The monoisotopic (exact) mass is 248 g/mol. The number of anilines is 1. The van der Waals surface area contributed by atoms with E-state index < -0.39 is 0 Å². The summed E-state index contributed by atoms with van der Waals surface area (Å²) in [6.07, 6.45) is 1.18. The van der Waals surface area contributed by atoms with Gasteiger partial charge in [0.05, 0.1) is 0 Å². The molecule has 2 aliphatic rings. The predicted octanol–water partition coefficient (Wildman–Crippen LogP) is 1.65. The third-order valence-corrected chi connectivity index (χ3v) is 3.66. The van der Waals surface area contributed by atoms with Crippen LogP contribution in [0.4, 0.5) is 5.69 Å². The normalized spacial score (nSPS) is 23.6. The molecule has 0 aromatic heterocycles. The summed E-state index contributed by atoms with van der Waals surface area (Å²) >= 11 is 0. The van der Waals surface area contributed by atoms with Crippen LogP contribution in [0.2, 0.25) is 0 Å². The number of benzene rings is 1. The second kappa shape index (κ2) is 5.06. The lowest BCUT2D eigenvalue weighted by atomic mass is 10.1. The first kappa shape index (κ1) is 11.7. The molecule has 1 unspecified atom stereocenters. The van der Waals surface area contributed by atoms with Crippen molar-refractivity contribution in [2.45, 2.75) is 19.4 Å². The SMILES string of the molecule is CC1CCNCCN1c1ccc2c(c1)OCCO2. The quantitative estimate of drug-likeness (QED) is 0.819. The molecule has 1 atom stereocenters. The van der Waals surface area contributed by atoms with E-state index in [1.165, 1.54) is 12.1 Å². The average Bonchev–Trinajstić information content (AvgIpc) is 2.63. The van der Waals surface area contributed by atoms with Crippen LogP contribution >= 0.6 is 0 Å². The van der Waals surface area contributed by atoms with Crippen LogP contribution in [0.25, 0.3) is 0 Å². The minimum atomic E-state index is 0.558. The second-order valence-corrected chi connectivity index (χ2v) is 4.91. The lowest BCUT2D eigenvalue weighted by molar-refractivity contribution is 0.171. The first-order valence-electron chi connectivity index (χ1n) is 6.71. The van der Waals surface area contributed by atoms with Crippen molar-refractivity contribution >= 4 is 5.69 Å². The third-order valence-electron chi connectivity index (χ3n) is 3.66. The molecular formula is C14H20N2O2. The molecule has 1 fully saturated rings. The molecule has 0 radical (unpaired) electrons. The van der Waals surface area contributed by atoms with E-state index in [1.807, 2.05) is 6.07 Å². The second-order valence-electron chi connectivity index (χ2n) is 4.91. The van der Waals surface area contributed by atoms with Gasteiger partial charge in [-0.15, -0.1) is 0 Å². The van der Waals surface area contributed by atoms with Gasteiger partial charge in [-0.05, 0) is 32.0 Å². The van der Waals surface area contributed by atoms with Crippen molar-refractivity contribution < 1.29 is 9.47 Å². The number of rotatable bonds is 1. The van der Waals surface area contributed by atoms with Gasteiger partial charge >= 0.3 is 0 Å². The summed E-state index contributed by atoms with van der Waals surface area (Å²) in [6, 6.07) is 6.82. The summed E-state index contributed by atoms with van der Waals surface area (Å²) in [4.78, 5) is 2.44. The van der Waals surface area contributed by atoms with Crippen LogP contribution in [-0.2, 0) is 0 Å². The van der Waals surface area contributed by atoms with Gasteiger partial charge in [-0.25, -0.2) is 0 Å². The molecule has 0 bridgehead atoms. The maximum Gasteiger partial charge on any atom is 0.163 e. The van der Waals surface area contributed by atoms with Crippen LogP contribution in [0.1, 0.15) is 13.3 Å². The van der Waals surface area contributed by atoms with Crippen LogP contribution in [0.15, 0.2) is 18.2 Å². The van der Waals surface area contributed by atoms with Gasteiger partial charge in [0, 0.05) is 30.9 Å². The molecule has 1 aromatic rings. The molecule has 4 nitrogen and oxygen atoms in total. The highest BCUT2D eigenvalue weighted by atomic mass is 16.6. The van der Waals surface area contributed by atoms with Crippen molar-refractivity contribution in [2.24, 2.45) is 0 Å². The Bertz CT molecular complexity index is 422. The highest BCUT2D eigenvalue weighted by Crippen LogP contribution is 2.34. The van der Waals surface area contributed by atoms with Gasteiger partial charge in [-0.3, -0.25) is 0 Å². The smallest absolute Gasteiger partial charge is 0.163 e. The van der Waals surface area contributed by atoms with Crippen molar-refractivity contribution in [1.29, 1.82) is 0 Å². The molecule has 0 aliphatic carbocycles. The number of hydrogen-bond acceptors (Lipinski definition) is 4. The van der Waals surface area contributed by atoms with Crippen LogP contribution < -0.4 is 19.7 Å². The topological polar surface area (TPSA) is 33.7 Å². The molecule has 0 spiro atoms. The first-order chi connectivity index (χ1) is 8.84. The van der Waals surface area contributed by atoms with Gasteiger partial charge < -0.3 is 19.7 Å². The van der Waals surface area contributed by atoms with Crippen molar-refractivity contribution in [3.05, 3.63) is 18.2 Å². The Morgan fingerprint density at radius 2 is 2.00 bits per heavy atom. The Kier molecular flexibility index (Phi) is 3.28. The minimum Gasteiger partial charge on any atom is -0.486 e. The fourth-order valence-electron chi connectivity index (χ4n) is 2.61. The van der Waals surface area contributed by atoms with Crippen molar-refractivity contribution in [3.63, 3.8) is 0 Å². The van der Waals surface area contributed by atoms with Gasteiger partial charge in [-0.2, -0.15) is 0 Å². The molecule has 4 heteroatoms. The number of nitrogens with one attached hydrogen (secondary N) is 1. The van der Waals surface area contributed by atoms with E-state index in [-0.39, 0.29) is 0 Å². The number of nitrogens with zero attached hydrogens (tertiary/aromatic N) is 1. The molecule has 18 heavy (non-hydrogen) atoms. The van der Waals surface area contributed by atoms with Crippen LogP contribution in [-0.4, -0.2) is 38.9 Å². The average molecular weight is 248 g/mol. The van der Waals surface area contributed by atoms with Gasteiger partial charge in [0.15, 0.2) is 11.5 Å². The molecule has 2 aliphatic heterocycles. The summed E-state index contributed by atoms with van der Waals surface area (Å²) in [6.45, 7) is 6.76. The molecule has 2 heterocycles. The summed E-state index contributed by atoms with van der Waals surface area (Å²) < 4.78 is 11.2. The molecule has 3 rings (SSSR count). The summed E-state index contributed by atoms with van der Waals surface area (Å²) in [5.41, 5.74) is 1.23. The number of ether oxygens (including phenoxy) is 2. The maximum atomic E-state index is 5.65. The van der Waals surface area contributed by atoms with E-state index in [1.54, 1.807) is 0 Å². The highest BCUT2D eigenvalue weighted by molar-refractivity contribution is 5.57.